The van der Waals surface area contributed by atoms with Crippen molar-refractivity contribution in [3.63, 3.8) is 0 Å². The lowest BCUT2D eigenvalue weighted by Gasteiger charge is -2.22. The molecule has 0 aliphatic rings. The monoisotopic (exact) mass is 450 g/mol. The van der Waals surface area contributed by atoms with Crippen LogP contribution in [0, 0.1) is 6.92 Å². The minimum absolute atomic E-state index is 0.0229. The van der Waals surface area contributed by atoms with Crippen molar-refractivity contribution in [2.45, 2.75) is 32.5 Å². The summed E-state index contributed by atoms with van der Waals surface area (Å²) in [5.74, 6) is 0.623. The molecule has 1 unspecified atom stereocenters. The zero-order valence-electron chi connectivity index (χ0n) is 17.4. The molecule has 0 amide bonds. The van der Waals surface area contributed by atoms with E-state index in [-0.39, 0.29) is 6.42 Å². The number of aliphatic carboxylic acids is 1. The molecule has 2 heterocycles. The number of rotatable bonds is 10. The highest BCUT2D eigenvalue weighted by Gasteiger charge is 2.21. The van der Waals surface area contributed by atoms with E-state index < -0.39 is 12.1 Å². The van der Waals surface area contributed by atoms with Crippen molar-refractivity contribution in [1.29, 1.82) is 0 Å². The standard InChI is InChI=1S/C24H22N2O5S/c1-16-4-2-3-5-19(16)21(8-9-23(27)28)31-22-12-18(29-13-17-10-11-32-14-17)6-7-20(22)24-25-15-30-26-24/h2-7,10-12,14-15,21H,8-9,13H2,1H3,(H,27,28). The van der Waals surface area contributed by atoms with Gasteiger partial charge in [0, 0.05) is 12.5 Å². The minimum atomic E-state index is -0.876. The smallest absolute Gasteiger partial charge is 0.303 e. The topological polar surface area (TPSA) is 94.7 Å². The fraction of sp³-hybridized carbons (Fsp3) is 0.208. The van der Waals surface area contributed by atoms with Gasteiger partial charge in [0.25, 0.3) is 0 Å². The van der Waals surface area contributed by atoms with Gasteiger partial charge in [0.2, 0.25) is 12.2 Å². The van der Waals surface area contributed by atoms with Gasteiger partial charge in [0.05, 0.1) is 5.56 Å². The van der Waals surface area contributed by atoms with Crippen LogP contribution < -0.4 is 9.47 Å². The highest BCUT2D eigenvalue weighted by Crippen LogP contribution is 2.37. The van der Waals surface area contributed by atoms with E-state index >= 15 is 0 Å². The molecule has 1 N–H and O–H groups in total. The summed E-state index contributed by atoms with van der Waals surface area (Å²) in [5.41, 5.74) is 3.67. The number of nitrogens with zero attached hydrogens (tertiary/aromatic N) is 2. The van der Waals surface area contributed by atoms with E-state index in [4.69, 9.17) is 14.0 Å². The number of carbonyl (C=O) groups is 1. The maximum atomic E-state index is 11.3. The van der Waals surface area contributed by atoms with Crippen LogP contribution in [0.2, 0.25) is 0 Å². The molecule has 0 bridgehead atoms. The molecule has 1 atom stereocenters. The lowest BCUT2D eigenvalue weighted by Crippen LogP contribution is -2.12. The molecule has 0 saturated heterocycles. The molecule has 7 nitrogen and oxygen atoms in total. The van der Waals surface area contributed by atoms with Gasteiger partial charge in [-0.2, -0.15) is 16.3 Å². The third-order valence-corrected chi connectivity index (χ3v) is 5.70. The maximum absolute atomic E-state index is 11.3. The predicted molar refractivity (Wildman–Crippen MR) is 120 cm³/mol. The molecule has 2 aromatic carbocycles. The Morgan fingerprint density at radius 1 is 1.22 bits per heavy atom. The third kappa shape index (κ3) is 5.33. The summed E-state index contributed by atoms with van der Waals surface area (Å²) in [5, 5.41) is 17.2. The van der Waals surface area contributed by atoms with Gasteiger partial charge >= 0.3 is 5.97 Å². The second kappa shape index (κ2) is 10.1. The summed E-state index contributed by atoms with van der Waals surface area (Å²) in [6, 6.07) is 15.2. The first-order valence-electron chi connectivity index (χ1n) is 10.1. The fourth-order valence-electron chi connectivity index (χ4n) is 3.34. The number of aromatic nitrogens is 2. The van der Waals surface area contributed by atoms with Crippen molar-refractivity contribution in [2.75, 3.05) is 0 Å². The zero-order valence-corrected chi connectivity index (χ0v) is 18.2. The molecule has 4 rings (SSSR count). The third-order valence-electron chi connectivity index (χ3n) is 4.97. The first-order valence-corrected chi connectivity index (χ1v) is 11.0. The van der Waals surface area contributed by atoms with E-state index in [2.05, 4.69) is 10.1 Å². The van der Waals surface area contributed by atoms with E-state index in [1.807, 2.05) is 60.1 Å². The Hall–Kier alpha value is -3.65. The van der Waals surface area contributed by atoms with Crippen molar-refractivity contribution >= 4 is 17.3 Å². The second-order valence-corrected chi connectivity index (χ2v) is 8.01. The number of carboxylic acid groups (broad SMARTS) is 1. The Kier molecular flexibility index (Phi) is 6.81. The van der Waals surface area contributed by atoms with Crippen LogP contribution in [0.4, 0.5) is 0 Å². The van der Waals surface area contributed by atoms with Gasteiger partial charge in [-0.05, 0) is 59.0 Å². The second-order valence-electron chi connectivity index (χ2n) is 7.23. The molecular weight excluding hydrogens is 428 g/mol. The van der Waals surface area contributed by atoms with Crippen LogP contribution in [-0.4, -0.2) is 21.2 Å². The molecule has 2 aromatic heterocycles. The predicted octanol–water partition coefficient (Wildman–Crippen LogP) is 5.67. The maximum Gasteiger partial charge on any atom is 0.303 e. The van der Waals surface area contributed by atoms with Gasteiger partial charge in [0.1, 0.15) is 24.2 Å². The number of hydrogen-bond donors (Lipinski definition) is 1. The van der Waals surface area contributed by atoms with Gasteiger partial charge < -0.3 is 19.1 Å². The molecule has 0 radical (unpaired) electrons. The highest BCUT2D eigenvalue weighted by atomic mass is 32.1. The summed E-state index contributed by atoms with van der Waals surface area (Å²) in [4.78, 5) is 15.4. The summed E-state index contributed by atoms with van der Waals surface area (Å²) in [7, 11) is 0. The lowest BCUT2D eigenvalue weighted by atomic mass is 9.99. The number of aryl methyl sites for hydroxylation is 1. The van der Waals surface area contributed by atoms with Gasteiger partial charge in [-0.25, -0.2) is 0 Å². The average molecular weight is 451 g/mol. The molecule has 0 aliphatic heterocycles. The number of thiophene rings is 1. The molecule has 0 fully saturated rings. The fourth-order valence-corrected chi connectivity index (χ4v) is 3.99. The first-order chi connectivity index (χ1) is 15.6. The number of carboxylic acids is 1. The van der Waals surface area contributed by atoms with Gasteiger partial charge in [0.15, 0.2) is 0 Å². The van der Waals surface area contributed by atoms with Crippen molar-refractivity contribution in [1.82, 2.24) is 10.1 Å². The van der Waals surface area contributed by atoms with E-state index in [1.165, 1.54) is 6.39 Å². The average Bonchev–Trinajstić information content (AvgIpc) is 3.50. The molecule has 8 heteroatoms. The quantitative estimate of drug-likeness (QED) is 0.333. The first kappa shape index (κ1) is 21.6. The largest absolute Gasteiger partial charge is 0.489 e. The van der Waals surface area contributed by atoms with Crippen LogP contribution in [0.1, 0.15) is 35.6 Å². The molecule has 0 aliphatic carbocycles. The Morgan fingerprint density at radius 2 is 2.09 bits per heavy atom. The Morgan fingerprint density at radius 3 is 2.81 bits per heavy atom. The van der Waals surface area contributed by atoms with Crippen LogP contribution in [0.3, 0.4) is 0 Å². The van der Waals surface area contributed by atoms with Gasteiger partial charge in [-0.1, -0.05) is 29.4 Å². The molecule has 4 aromatic rings. The number of benzene rings is 2. The summed E-state index contributed by atoms with van der Waals surface area (Å²) >= 11 is 1.61. The highest BCUT2D eigenvalue weighted by molar-refractivity contribution is 7.07. The SMILES string of the molecule is Cc1ccccc1C(CCC(=O)O)Oc1cc(OCc2ccsc2)ccc1-c1ncon1. The zero-order chi connectivity index (χ0) is 22.3. The van der Waals surface area contributed by atoms with Crippen LogP contribution >= 0.6 is 11.3 Å². The van der Waals surface area contributed by atoms with Gasteiger partial charge in [-0.15, -0.1) is 0 Å². The Bertz CT molecular complexity index is 1160. The molecule has 32 heavy (non-hydrogen) atoms. The normalized spacial score (nSPS) is 11.8. The van der Waals surface area contributed by atoms with Crippen LogP contribution in [0.15, 0.2) is 70.2 Å². The Balaban J connectivity index is 1.66. The molecular formula is C24H22N2O5S. The van der Waals surface area contributed by atoms with Gasteiger partial charge in [-0.3, -0.25) is 4.79 Å². The molecule has 164 valence electrons. The summed E-state index contributed by atoms with van der Waals surface area (Å²) < 4.78 is 17.3. The summed E-state index contributed by atoms with van der Waals surface area (Å²) in [6.45, 7) is 2.41. The summed E-state index contributed by atoms with van der Waals surface area (Å²) in [6.07, 6.45) is 1.07. The van der Waals surface area contributed by atoms with Crippen molar-refractivity contribution in [3.05, 3.63) is 82.4 Å². The minimum Gasteiger partial charge on any atom is -0.489 e. The Labute approximate surface area is 189 Å². The van der Waals surface area contributed by atoms with Crippen LogP contribution in [0.25, 0.3) is 11.4 Å². The van der Waals surface area contributed by atoms with E-state index in [0.29, 0.717) is 35.9 Å². The van der Waals surface area contributed by atoms with Crippen LogP contribution in [-0.2, 0) is 11.4 Å². The van der Waals surface area contributed by atoms with Crippen LogP contribution in [0.5, 0.6) is 11.5 Å². The van der Waals surface area contributed by atoms with E-state index in [9.17, 15) is 9.90 Å². The molecule has 0 saturated carbocycles. The van der Waals surface area contributed by atoms with Crippen molar-refractivity contribution in [2.24, 2.45) is 0 Å². The van der Waals surface area contributed by atoms with Crippen molar-refractivity contribution in [3.8, 4) is 22.9 Å². The number of ether oxygens (including phenoxy) is 2. The van der Waals surface area contributed by atoms with E-state index in [0.717, 1.165) is 16.7 Å². The van der Waals surface area contributed by atoms with E-state index in [1.54, 1.807) is 17.4 Å². The number of hydrogen-bond acceptors (Lipinski definition) is 7. The lowest BCUT2D eigenvalue weighted by molar-refractivity contribution is -0.137. The molecule has 0 spiro atoms. The van der Waals surface area contributed by atoms with Crippen molar-refractivity contribution < 1.29 is 23.9 Å².